The lowest BCUT2D eigenvalue weighted by Gasteiger charge is -2.25. The highest BCUT2D eigenvalue weighted by atomic mass is 31.2. The van der Waals surface area contributed by atoms with Crippen LogP contribution in [0, 0.1) is 32.6 Å². The largest absolute Gasteiger partial charge is 0.507 e. The molecule has 0 saturated heterocycles. The fourth-order valence-corrected chi connectivity index (χ4v) is 4.82. The molecule has 6 nitrogen and oxygen atoms in total. The minimum absolute atomic E-state index is 0.0610. The average Bonchev–Trinajstić information content (AvgIpc) is 2.63. The zero-order valence-electron chi connectivity index (χ0n) is 18.2. The second-order valence-corrected chi connectivity index (χ2v) is 9.72. The minimum Gasteiger partial charge on any atom is -0.507 e. The molecule has 0 saturated carbocycles. The van der Waals surface area contributed by atoms with Crippen LogP contribution in [0.4, 0.5) is 5.82 Å². The SMILES string of the molecule is Cc1cccnc1NOP(=O)(Oc1cc(C)c(O)c(C)c1)/C(=C/C(C)C)C(C)C. The summed E-state index contributed by atoms with van der Waals surface area (Å²) in [5, 5.41) is 10.6. The standard InChI is InChI=1S/C22H31N2O4P/c1-14(2)11-20(15(3)4)29(26,28-24-22-16(5)9-8-10-23-22)27-19-12-17(6)21(25)18(7)13-19/h8-15,25H,1-7H3,(H,23,24)/b20-11+. The maximum absolute atomic E-state index is 14.0. The third kappa shape index (κ3) is 5.84. The quantitative estimate of drug-likeness (QED) is 0.375. The molecular formula is C22H31N2O4P. The molecule has 0 bridgehead atoms. The molecule has 1 atom stereocenters. The van der Waals surface area contributed by atoms with E-state index in [9.17, 15) is 9.67 Å². The lowest BCUT2D eigenvalue weighted by atomic mass is 10.1. The number of phenols is 1. The zero-order valence-corrected chi connectivity index (χ0v) is 19.1. The Bertz CT molecular complexity index is 915. The second kappa shape index (κ2) is 9.47. The number of hydrogen-bond acceptors (Lipinski definition) is 6. The van der Waals surface area contributed by atoms with Gasteiger partial charge in [-0.3, -0.25) is 0 Å². The van der Waals surface area contributed by atoms with Crippen LogP contribution in [0.5, 0.6) is 11.5 Å². The van der Waals surface area contributed by atoms with E-state index in [1.807, 2.05) is 52.8 Å². The van der Waals surface area contributed by atoms with Gasteiger partial charge in [0.05, 0.1) is 5.31 Å². The number of nitrogens with zero attached hydrogens (tertiary/aromatic N) is 1. The summed E-state index contributed by atoms with van der Waals surface area (Å²) in [4.78, 5) is 4.23. The number of nitrogens with one attached hydrogen (secondary N) is 1. The van der Waals surface area contributed by atoms with E-state index >= 15 is 0 Å². The molecule has 0 amide bonds. The average molecular weight is 418 g/mol. The highest BCUT2D eigenvalue weighted by molar-refractivity contribution is 7.58. The maximum atomic E-state index is 14.0. The van der Waals surface area contributed by atoms with Crippen molar-refractivity contribution in [3.63, 3.8) is 0 Å². The number of aromatic nitrogens is 1. The molecule has 0 radical (unpaired) electrons. The van der Waals surface area contributed by atoms with Crippen LogP contribution in [-0.2, 0) is 9.19 Å². The molecule has 7 heteroatoms. The van der Waals surface area contributed by atoms with Gasteiger partial charge >= 0.3 is 7.60 Å². The number of aromatic hydroxyl groups is 1. The van der Waals surface area contributed by atoms with Crippen molar-refractivity contribution in [3.8, 4) is 11.5 Å². The molecular weight excluding hydrogens is 387 g/mol. The van der Waals surface area contributed by atoms with Gasteiger partial charge in [-0.25, -0.2) is 15.0 Å². The van der Waals surface area contributed by atoms with Crippen molar-refractivity contribution >= 4 is 13.4 Å². The van der Waals surface area contributed by atoms with Crippen LogP contribution >= 0.6 is 7.60 Å². The summed E-state index contributed by atoms with van der Waals surface area (Å²) < 4.78 is 25.7. The molecule has 0 fully saturated rings. The monoisotopic (exact) mass is 418 g/mol. The zero-order chi connectivity index (χ0) is 21.8. The Balaban J connectivity index is 2.47. The lowest BCUT2D eigenvalue weighted by Crippen LogP contribution is -2.11. The molecule has 29 heavy (non-hydrogen) atoms. The van der Waals surface area contributed by atoms with E-state index < -0.39 is 7.60 Å². The van der Waals surface area contributed by atoms with Gasteiger partial charge in [-0.05, 0) is 67.5 Å². The molecule has 0 aliphatic rings. The van der Waals surface area contributed by atoms with Gasteiger partial charge in [-0.1, -0.05) is 39.8 Å². The lowest BCUT2D eigenvalue weighted by molar-refractivity contribution is 0.319. The van der Waals surface area contributed by atoms with E-state index in [-0.39, 0.29) is 17.6 Å². The Kier molecular flexibility index (Phi) is 7.50. The predicted octanol–water partition coefficient (Wildman–Crippen LogP) is 6.52. The van der Waals surface area contributed by atoms with Gasteiger partial charge < -0.3 is 9.63 Å². The normalized spacial score (nSPS) is 14.2. The summed E-state index contributed by atoms with van der Waals surface area (Å²) in [6, 6.07) is 7.00. The Labute approximate surface area is 173 Å². The number of hydrogen-bond donors (Lipinski definition) is 2. The van der Waals surface area contributed by atoms with E-state index in [0.717, 1.165) is 5.56 Å². The van der Waals surface area contributed by atoms with Gasteiger partial charge in [0.2, 0.25) is 0 Å². The Morgan fingerprint density at radius 3 is 2.28 bits per heavy atom. The Morgan fingerprint density at radius 1 is 1.14 bits per heavy atom. The van der Waals surface area contributed by atoms with Gasteiger partial charge in [0.25, 0.3) is 0 Å². The van der Waals surface area contributed by atoms with Gasteiger partial charge in [-0.15, -0.1) is 0 Å². The summed E-state index contributed by atoms with van der Waals surface area (Å²) in [5.41, 5.74) is 4.87. The Hall–Kier alpha value is -2.30. The number of allylic oxidation sites excluding steroid dienone is 2. The maximum Gasteiger partial charge on any atom is 0.427 e. The number of benzene rings is 1. The summed E-state index contributed by atoms with van der Waals surface area (Å²) >= 11 is 0. The van der Waals surface area contributed by atoms with E-state index in [1.54, 1.807) is 32.2 Å². The van der Waals surface area contributed by atoms with Crippen molar-refractivity contribution in [1.82, 2.24) is 4.98 Å². The number of aryl methyl sites for hydroxylation is 3. The van der Waals surface area contributed by atoms with Crippen molar-refractivity contribution in [3.05, 3.63) is 58.5 Å². The number of rotatable bonds is 8. The van der Waals surface area contributed by atoms with Gasteiger partial charge in [-0.2, -0.15) is 4.62 Å². The molecule has 0 aliphatic carbocycles. The van der Waals surface area contributed by atoms with Crippen LogP contribution in [0.1, 0.15) is 44.4 Å². The van der Waals surface area contributed by atoms with E-state index in [4.69, 9.17) is 9.15 Å². The number of phenolic OH excluding ortho intramolecular Hbond substituents is 1. The van der Waals surface area contributed by atoms with Crippen molar-refractivity contribution < 1.29 is 18.8 Å². The molecule has 1 heterocycles. The Morgan fingerprint density at radius 2 is 1.76 bits per heavy atom. The van der Waals surface area contributed by atoms with Crippen LogP contribution in [0.25, 0.3) is 0 Å². The summed E-state index contributed by atoms with van der Waals surface area (Å²) in [7, 11) is -3.77. The van der Waals surface area contributed by atoms with E-state index in [2.05, 4.69) is 10.5 Å². The molecule has 1 aromatic carbocycles. The molecule has 2 N–H and O–H groups in total. The first-order valence-corrected chi connectivity index (χ1v) is 11.3. The summed E-state index contributed by atoms with van der Waals surface area (Å²) in [6.45, 7) is 13.3. The van der Waals surface area contributed by atoms with Crippen LogP contribution in [0.15, 0.2) is 41.9 Å². The van der Waals surface area contributed by atoms with Crippen LogP contribution in [0.3, 0.4) is 0 Å². The third-order valence-corrected chi connectivity index (χ3v) is 6.45. The van der Waals surface area contributed by atoms with Crippen molar-refractivity contribution in [2.75, 3.05) is 5.48 Å². The number of pyridine rings is 1. The van der Waals surface area contributed by atoms with Gasteiger partial charge in [0, 0.05) is 6.20 Å². The summed E-state index contributed by atoms with van der Waals surface area (Å²) in [6.07, 6.45) is 3.54. The van der Waals surface area contributed by atoms with Crippen molar-refractivity contribution in [2.45, 2.75) is 48.5 Å². The fraction of sp³-hybridized carbons (Fsp3) is 0.409. The van der Waals surface area contributed by atoms with E-state index in [1.165, 1.54) is 0 Å². The topological polar surface area (TPSA) is 80.7 Å². The smallest absolute Gasteiger partial charge is 0.427 e. The van der Waals surface area contributed by atoms with E-state index in [0.29, 0.717) is 28.0 Å². The summed E-state index contributed by atoms with van der Waals surface area (Å²) in [5.74, 6) is 1.14. The first-order valence-electron chi connectivity index (χ1n) is 9.72. The molecule has 2 rings (SSSR count). The minimum atomic E-state index is -3.77. The van der Waals surface area contributed by atoms with Crippen molar-refractivity contribution in [1.29, 1.82) is 0 Å². The highest BCUT2D eigenvalue weighted by Gasteiger charge is 2.35. The third-order valence-electron chi connectivity index (χ3n) is 4.37. The molecule has 2 aromatic rings. The van der Waals surface area contributed by atoms with Gasteiger partial charge in [0.15, 0.2) is 5.82 Å². The molecule has 1 unspecified atom stereocenters. The highest BCUT2D eigenvalue weighted by Crippen LogP contribution is 2.58. The fourth-order valence-electron chi connectivity index (χ4n) is 2.87. The molecule has 158 valence electrons. The van der Waals surface area contributed by atoms with Crippen LogP contribution in [0.2, 0.25) is 0 Å². The molecule has 0 spiro atoms. The second-order valence-electron chi connectivity index (χ2n) is 7.85. The van der Waals surface area contributed by atoms with Crippen LogP contribution in [-0.4, -0.2) is 10.1 Å². The predicted molar refractivity (Wildman–Crippen MR) is 117 cm³/mol. The molecule has 0 aliphatic heterocycles. The van der Waals surface area contributed by atoms with Crippen LogP contribution < -0.4 is 10.0 Å². The van der Waals surface area contributed by atoms with Gasteiger partial charge in [0.1, 0.15) is 11.5 Å². The first kappa shape index (κ1) is 23.0. The number of anilines is 1. The van der Waals surface area contributed by atoms with Crippen molar-refractivity contribution in [2.24, 2.45) is 11.8 Å². The first-order chi connectivity index (χ1) is 13.5. The molecule has 1 aromatic heterocycles.